The fraction of sp³-hybridized carbons (Fsp3) is 0.455. The van der Waals surface area contributed by atoms with Crippen LogP contribution in [0.25, 0.3) is 0 Å². The van der Waals surface area contributed by atoms with Crippen molar-refractivity contribution in [3.63, 3.8) is 0 Å². The molecule has 0 fully saturated rings. The van der Waals surface area contributed by atoms with Gasteiger partial charge in [-0.1, -0.05) is 51.4 Å². The van der Waals surface area contributed by atoms with Crippen molar-refractivity contribution in [2.45, 2.75) is 27.7 Å². The van der Waals surface area contributed by atoms with Gasteiger partial charge < -0.3 is 56.6 Å². The first-order chi connectivity index (χ1) is 13.5. The number of aliphatic carboxylic acids is 2. The van der Waals surface area contributed by atoms with Crippen LogP contribution >= 0.6 is 0 Å². The molecule has 0 aromatic carbocycles. The molecule has 0 aliphatic heterocycles. The Kier molecular flexibility index (Phi) is 52.7. The van der Waals surface area contributed by atoms with Crippen molar-refractivity contribution < 1.29 is 39.4 Å². The van der Waals surface area contributed by atoms with Crippen LogP contribution in [0.4, 0.5) is 0 Å². The molecule has 0 amide bonds. The van der Waals surface area contributed by atoms with Gasteiger partial charge in [0.15, 0.2) is 0 Å². The summed E-state index contributed by atoms with van der Waals surface area (Å²) < 4.78 is 0. The average Bonchev–Trinajstić information content (AvgIpc) is 2.67. The molecule has 0 spiro atoms. The van der Waals surface area contributed by atoms with Gasteiger partial charge in [0.2, 0.25) is 0 Å². The van der Waals surface area contributed by atoms with Crippen LogP contribution in [0.1, 0.15) is 30.5 Å². The van der Waals surface area contributed by atoms with Gasteiger partial charge in [-0.05, 0) is 0 Å². The van der Waals surface area contributed by atoms with Gasteiger partial charge >= 0.3 is 19.6 Å². The third-order valence-electron chi connectivity index (χ3n) is 1.58. The zero-order valence-corrected chi connectivity index (χ0v) is 19.9. The Labute approximate surface area is 202 Å². The molecular weight excluding hydrogens is 443 g/mol. The maximum Gasteiger partial charge on any atom is 2.00 e. The van der Waals surface area contributed by atoms with E-state index in [9.17, 15) is 19.8 Å². The molecule has 0 aliphatic carbocycles. The van der Waals surface area contributed by atoms with Gasteiger partial charge in [-0.25, -0.2) is 0 Å². The Hall–Kier alpha value is -2.47. The molecule has 0 saturated heterocycles. The molecule has 0 aromatic rings. The first-order valence-corrected chi connectivity index (χ1v) is 8.23. The van der Waals surface area contributed by atoms with Crippen LogP contribution in [0, 0.1) is 74.1 Å². The maximum absolute atomic E-state index is 9.85. The molecule has 0 aromatic heterocycles. The number of nitrogens with two attached hydrogens (primary N) is 4. The van der Waals surface area contributed by atoms with Crippen LogP contribution in [-0.4, -0.2) is 38.1 Å². The Morgan fingerprint density at radius 2 is 0.774 bits per heavy atom. The molecular formula is C22H38CoN4O4. The predicted octanol–water partition coefficient (Wildman–Crippen LogP) is -2.27. The van der Waals surface area contributed by atoms with Crippen LogP contribution < -0.4 is 33.1 Å². The summed E-state index contributed by atoms with van der Waals surface area (Å²) in [6, 6.07) is 0. The summed E-state index contributed by atoms with van der Waals surface area (Å²) in [5.74, 6) is 6.60. The van der Waals surface area contributed by atoms with E-state index in [4.69, 9.17) is 22.9 Å². The fourth-order valence-corrected chi connectivity index (χ4v) is 0. The Bertz CT molecular complexity index is 498. The Morgan fingerprint density at radius 3 is 0.774 bits per heavy atom. The number of hydrogen-bond donors (Lipinski definition) is 4. The summed E-state index contributed by atoms with van der Waals surface area (Å²) in [7, 11) is 0. The summed E-state index contributed by atoms with van der Waals surface area (Å²) >= 11 is 0. The second kappa shape index (κ2) is 35.0. The van der Waals surface area contributed by atoms with E-state index >= 15 is 0 Å². The van der Waals surface area contributed by atoms with Crippen molar-refractivity contribution >= 4 is 11.9 Å². The number of rotatable bonds is 2. The van der Waals surface area contributed by atoms with Crippen LogP contribution in [0.2, 0.25) is 0 Å². The topological polar surface area (TPSA) is 184 Å². The molecule has 0 heterocycles. The van der Waals surface area contributed by atoms with E-state index in [-0.39, 0.29) is 19.6 Å². The number of hydrogen-bond acceptors (Lipinski definition) is 8. The van der Waals surface area contributed by atoms with Gasteiger partial charge in [-0.2, -0.15) is 0 Å². The quantitative estimate of drug-likeness (QED) is 0.251. The summed E-state index contributed by atoms with van der Waals surface area (Å²) in [6.07, 6.45) is 18.6. The van der Waals surface area contributed by atoms with Gasteiger partial charge in [0.25, 0.3) is 0 Å². The van der Waals surface area contributed by atoms with E-state index in [1.807, 2.05) is 0 Å². The minimum Gasteiger partial charge on any atom is -0.552 e. The zero-order valence-electron chi connectivity index (χ0n) is 20.8. The van der Waals surface area contributed by atoms with Crippen molar-refractivity contribution in [3.8, 4) is 49.4 Å². The molecule has 31 heavy (non-hydrogen) atoms. The van der Waals surface area contributed by atoms with Gasteiger partial charge in [0, 0.05) is 11.9 Å². The standard InChI is InChI=1S/2C5H9O2.4C3H5N.Co/c2*1-5(2,3)4(6)7;4*1-2-3-4;/h2*1H2,2-3H3,(H,6,7);4*1H,3-4H2;/q2*-1;;;;;+2. The zero-order chi connectivity index (χ0) is 25.8. The molecule has 0 aliphatic rings. The van der Waals surface area contributed by atoms with Gasteiger partial charge in [0.1, 0.15) is 0 Å². The summed E-state index contributed by atoms with van der Waals surface area (Å²) in [4.78, 5) is 19.7. The van der Waals surface area contributed by atoms with Gasteiger partial charge in [0.05, 0.1) is 26.2 Å². The van der Waals surface area contributed by atoms with Crippen LogP contribution in [0.3, 0.4) is 0 Å². The van der Waals surface area contributed by atoms with E-state index in [0.29, 0.717) is 26.2 Å². The smallest absolute Gasteiger partial charge is 0.552 e. The molecule has 8 nitrogen and oxygen atoms in total. The van der Waals surface area contributed by atoms with E-state index in [2.05, 4.69) is 63.2 Å². The first-order valence-electron chi connectivity index (χ1n) is 8.23. The van der Waals surface area contributed by atoms with E-state index in [0.717, 1.165) is 0 Å². The van der Waals surface area contributed by atoms with Gasteiger partial charge in [-0.3, -0.25) is 0 Å². The molecule has 0 bridgehead atoms. The van der Waals surface area contributed by atoms with E-state index < -0.39 is 22.8 Å². The summed E-state index contributed by atoms with van der Waals surface area (Å²) in [5.41, 5.74) is 17.3. The molecule has 1 radical (unpaired) electrons. The van der Waals surface area contributed by atoms with Crippen LogP contribution in [0.5, 0.6) is 0 Å². The molecule has 0 rings (SSSR count). The SMILES string of the molecule is C#CCN.C#CCN.C#CCN.C#CCN.[CH2-]C(C)(C)C(=O)[O-].[CH2-]C(C)(C)C(=O)[O-].[Co+2].[H+].[H+]. The van der Waals surface area contributed by atoms with Crippen molar-refractivity contribution in [1.29, 1.82) is 0 Å². The second-order valence-electron chi connectivity index (χ2n) is 5.98. The monoisotopic (exact) mass is 481 g/mol. The first kappa shape index (κ1) is 46.6. The number of terminal acetylenes is 4. The van der Waals surface area contributed by atoms with Crippen molar-refractivity contribution in [3.05, 3.63) is 13.8 Å². The minimum atomic E-state index is -1.12. The van der Waals surface area contributed by atoms with Gasteiger partial charge in [-0.15, -0.1) is 36.5 Å². The van der Waals surface area contributed by atoms with E-state index in [1.165, 1.54) is 27.7 Å². The van der Waals surface area contributed by atoms with Crippen molar-refractivity contribution in [2.24, 2.45) is 33.8 Å². The predicted molar refractivity (Wildman–Crippen MR) is 122 cm³/mol. The molecule has 0 atom stereocenters. The average molecular weight is 482 g/mol. The number of carbonyl (C=O) groups excluding carboxylic acids is 2. The molecule has 9 heteroatoms. The Balaban J connectivity index is -0.0000000300. The molecule has 0 saturated carbocycles. The number of carbonyl (C=O) groups is 2. The number of carboxylic acids is 2. The van der Waals surface area contributed by atoms with Crippen molar-refractivity contribution in [1.82, 2.24) is 0 Å². The summed E-state index contributed by atoms with van der Waals surface area (Å²) in [5, 5.41) is 19.7. The maximum atomic E-state index is 9.85. The van der Waals surface area contributed by atoms with Crippen molar-refractivity contribution in [2.75, 3.05) is 26.2 Å². The third-order valence-corrected chi connectivity index (χ3v) is 1.58. The number of carboxylic acid groups (broad SMARTS) is 2. The third kappa shape index (κ3) is 98.0. The summed E-state index contributed by atoms with van der Waals surface area (Å²) in [6.45, 7) is 14.0. The Morgan fingerprint density at radius 1 is 0.710 bits per heavy atom. The normalized spacial score (nSPS) is 7.68. The van der Waals surface area contributed by atoms with Crippen LogP contribution in [0.15, 0.2) is 0 Å². The van der Waals surface area contributed by atoms with Crippen LogP contribution in [-0.2, 0) is 26.4 Å². The fourth-order valence-electron chi connectivity index (χ4n) is 0. The molecule has 8 N–H and O–H groups in total. The largest absolute Gasteiger partial charge is 2.00 e. The second-order valence-corrected chi connectivity index (χ2v) is 5.98. The molecule has 0 unspecified atom stereocenters. The molecule has 179 valence electrons. The van der Waals surface area contributed by atoms with E-state index in [1.54, 1.807) is 0 Å². The minimum absolute atomic E-state index is 0.